The maximum Gasteiger partial charge on any atom is 0.134 e. The van der Waals surface area contributed by atoms with Crippen LogP contribution in [0.2, 0.25) is 0 Å². The van der Waals surface area contributed by atoms with Gasteiger partial charge in [0.1, 0.15) is 5.75 Å². The van der Waals surface area contributed by atoms with Gasteiger partial charge in [0.25, 0.3) is 0 Å². The molecule has 102 valence electrons. The van der Waals surface area contributed by atoms with Crippen LogP contribution in [-0.2, 0) is 6.54 Å². The number of hydrogen-bond donors (Lipinski definition) is 2. The van der Waals surface area contributed by atoms with Crippen LogP contribution in [0.4, 0.5) is 0 Å². The van der Waals surface area contributed by atoms with Crippen molar-refractivity contribution >= 4 is 27.3 Å². The topological polar surface area (TPSA) is 32.3 Å². The van der Waals surface area contributed by atoms with E-state index in [1.165, 1.54) is 4.88 Å². The van der Waals surface area contributed by atoms with Gasteiger partial charge in [-0.05, 0) is 39.4 Å². The maximum absolute atomic E-state index is 10.00. The first kappa shape index (κ1) is 14.6. The van der Waals surface area contributed by atoms with E-state index in [1.54, 1.807) is 11.3 Å². The zero-order valence-electron chi connectivity index (χ0n) is 11.1. The molecule has 19 heavy (non-hydrogen) atoms. The molecule has 2 N–H and O–H groups in total. The molecule has 2 nitrogen and oxygen atoms in total. The van der Waals surface area contributed by atoms with Gasteiger partial charge in [0, 0.05) is 23.0 Å². The summed E-state index contributed by atoms with van der Waals surface area (Å²) in [5, 5.41) is 15.6. The van der Waals surface area contributed by atoms with E-state index >= 15 is 0 Å². The quantitative estimate of drug-likeness (QED) is 0.827. The summed E-state index contributed by atoms with van der Waals surface area (Å²) in [4.78, 5) is 1.34. The summed E-state index contributed by atoms with van der Waals surface area (Å²) in [6.45, 7) is 5.07. The predicted octanol–water partition coefficient (Wildman–Crippen LogP) is 4.70. The minimum atomic E-state index is 0.318. The minimum Gasteiger partial charge on any atom is -0.506 e. The Bertz CT molecular complexity index is 525. The largest absolute Gasteiger partial charge is 0.506 e. The highest BCUT2D eigenvalue weighted by molar-refractivity contribution is 9.10. The van der Waals surface area contributed by atoms with Gasteiger partial charge in [-0.1, -0.05) is 32.0 Å². The second-order valence-electron chi connectivity index (χ2n) is 4.87. The molecule has 1 aromatic carbocycles. The Balaban J connectivity index is 2.09. The molecule has 0 bridgehead atoms. The maximum atomic E-state index is 10.00. The van der Waals surface area contributed by atoms with Crippen LogP contribution in [0.25, 0.3) is 0 Å². The number of aromatic hydroxyl groups is 1. The molecule has 4 heteroatoms. The fourth-order valence-electron chi connectivity index (χ4n) is 2.06. The third-order valence-corrected chi connectivity index (χ3v) is 4.69. The lowest BCUT2D eigenvalue weighted by Crippen LogP contribution is -2.24. The molecule has 0 aliphatic carbocycles. The molecule has 1 atom stereocenters. The smallest absolute Gasteiger partial charge is 0.134 e. The van der Waals surface area contributed by atoms with Crippen LogP contribution in [0, 0.1) is 5.92 Å². The van der Waals surface area contributed by atoms with Crippen molar-refractivity contribution in [2.45, 2.75) is 26.4 Å². The van der Waals surface area contributed by atoms with Gasteiger partial charge >= 0.3 is 0 Å². The first-order valence-electron chi connectivity index (χ1n) is 6.32. The van der Waals surface area contributed by atoms with Crippen LogP contribution < -0.4 is 5.32 Å². The van der Waals surface area contributed by atoms with E-state index in [4.69, 9.17) is 0 Å². The van der Waals surface area contributed by atoms with Crippen molar-refractivity contribution in [3.8, 4) is 5.75 Å². The number of phenols is 1. The van der Waals surface area contributed by atoms with Gasteiger partial charge in [0.2, 0.25) is 0 Å². The van der Waals surface area contributed by atoms with E-state index in [0.717, 1.165) is 10.0 Å². The fraction of sp³-hybridized carbons (Fsp3) is 0.333. The molecule has 2 rings (SSSR count). The summed E-state index contributed by atoms with van der Waals surface area (Å²) < 4.78 is 0.740. The van der Waals surface area contributed by atoms with Crippen LogP contribution in [0.1, 0.15) is 30.3 Å². The standard InChI is InChI=1S/C15H18BrNOS/c1-10(2)14(13-7-4-8-19-13)17-9-11-5-3-6-12(16)15(11)18/h3-8,10,14,17-18H,9H2,1-2H3. The van der Waals surface area contributed by atoms with Crippen LogP contribution in [0.3, 0.4) is 0 Å². The van der Waals surface area contributed by atoms with E-state index in [2.05, 4.69) is 52.6 Å². The highest BCUT2D eigenvalue weighted by atomic mass is 79.9. The van der Waals surface area contributed by atoms with Gasteiger partial charge in [-0.15, -0.1) is 11.3 Å². The average molecular weight is 340 g/mol. The Kier molecular flexibility index (Phi) is 5.02. The van der Waals surface area contributed by atoms with Crippen molar-refractivity contribution in [3.63, 3.8) is 0 Å². The van der Waals surface area contributed by atoms with Crippen molar-refractivity contribution in [1.82, 2.24) is 5.32 Å². The summed E-state index contributed by atoms with van der Waals surface area (Å²) in [7, 11) is 0. The van der Waals surface area contributed by atoms with Gasteiger partial charge < -0.3 is 10.4 Å². The molecule has 1 unspecified atom stereocenters. The van der Waals surface area contributed by atoms with Crippen LogP contribution in [-0.4, -0.2) is 5.11 Å². The van der Waals surface area contributed by atoms with Gasteiger partial charge in [-0.2, -0.15) is 0 Å². The van der Waals surface area contributed by atoms with Crippen molar-refractivity contribution in [3.05, 3.63) is 50.6 Å². The number of rotatable bonds is 5. The molecular weight excluding hydrogens is 322 g/mol. The molecule has 0 aliphatic heterocycles. The SMILES string of the molecule is CC(C)C(NCc1cccc(Br)c1O)c1cccs1. The predicted molar refractivity (Wildman–Crippen MR) is 84.5 cm³/mol. The van der Waals surface area contributed by atoms with Crippen molar-refractivity contribution in [1.29, 1.82) is 0 Å². The summed E-state index contributed by atoms with van der Waals surface area (Å²) >= 11 is 5.11. The van der Waals surface area contributed by atoms with E-state index in [-0.39, 0.29) is 0 Å². The zero-order chi connectivity index (χ0) is 13.8. The molecule has 0 fully saturated rings. The van der Waals surface area contributed by atoms with Crippen LogP contribution >= 0.6 is 27.3 Å². The molecule has 2 aromatic rings. The zero-order valence-corrected chi connectivity index (χ0v) is 13.5. The molecular formula is C15H18BrNOS. The van der Waals surface area contributed by atoms with E-state index in [1.807, 2.05) is 18.2 Å². The van der Waals surface area contributed by atoms with Crippen molar-refractivity contribution < 1.29 is 5.11 Å². The number of phenolic OH excluding ortho intramolecular Hbond substituents is 1. The third-order valence-electron chi connectivity index (χ3n) is 3.10. The number of para-hydroxylation sites is 1. The number of hydrogen-bond acceptors (Lipinski definition) is 3. The first-order valence-corrected chi connectivity index (χ1v) is 8.00. The number of nitrogens with one attached hydrogen (secondary N) is 1. The number of halogens is 1. The summed E-state index contributed by atoms with van der Waals surface area (Å²) in [6.07, 6.45) is 0. The second-order valence-corrected chi connectivity index (χ2v) is 6.70. The average Bonchev–Trinajstić information content (AvgIpc) is 2.88. The number of thiophene rings is 1. The first-order chi connectivity index (χ1) is 9.09. The molecule has 1 heterocycles. The Morgan fingerprint density at radius 3 is 2.68 bits per heavy atom. The highest BCUT2D eigenvalue weighted by Crippen LogP contribution is 2.30. The Hall–Kier alpha value is -0.840. The lowest BCUT2D eigenvalue weighted by Gasteiger charge is -2.21. The Morgan fingerprint density at radius 2 is 2.05 bits per heavy atom. The van der Waals surface area contributed by atoms with Crippen LogP contribution in [0.15, 0.2) is 40.2 Å². The lowest BCUT2D eigenvalue weighted by molar-refractivity contribution is 0.407. The minimum absolute atomic E-state index is 0.318. The van der Waals surface area contributed by atoms with Gasteiger partial charge in [-0.25, -0.2) is 0 Å². The molecule has 0 saturated carbocycles. The molecule has 0 amide bonds. The Morgan fingerprint density at radius 1 is 1.26 bits per heavy atom. The van der Waals surface area contributed by atoms with Crippen molar-refractivity contribution in [2.75, 3.05) is 0 Å². The van der Waals surface area contributed by atoms with Gasteiger partial charge in [0.05, 0.1) is 4.47 Å². The van der Waals surface area contributed by atoms with E-state index < -0.39 is 0 Å². The number of benzene rings is 1. The monoisotopic (exact) mass is 339 g/mol. The molecule has 0 aliphatic rings. The van der Waals surface area contributed by atoms with Gasteiger partial charge in [0.15, 0.2) is 0 Å². The lowest BCUT2D eigenvalue weighted by atomic mass is 10.0. The van der Waals surface area contributed by atoms with Crippen molar-refractivity contribution in [2.24, 2.45) is 5.92 Å². The van der Waals surface area contributed by atoms with E-state index in [9.17, 15) is 5.11 Å². The normalized spacial score (nSPS) is 12.8. The Labute approximate surface area is 126 Å². The fourth-order valence-corrected chi connectivity index (χ4v) is 3.44. The highest BCUT2D eigenvalue weighted by Gasteiger charge is 2.16. The molecule has 0 saturated heterocycles. The second kappa shape index (κ2) is 6.55. The third kappa shape index (κ3) is 3.59. The molecule has 0 spiro atoms. The summed E-state index contributed by atoms with van der Waals surface area (Å²) in [5.74, 6) is 0.830. The van der Waals surface area contributed by atoms with Crippen LogP contribution in [0.5, 0.6) is 5.75 Å². The molecule has 1 aromatic heterocycles. The summed E-state index contributed by atoms with van der Waals surface area (Å²) in [6, 6.07) is 10.3. The van der Waals surface area contributed by atoms with Gasteiger partial charge in [-0.3, -0.25) is 0 Å². The van der Waals surface area contributed by atoms with E-state index in [0.29, 0.717) is 24.3 Å². The summed E-state index contributed by atoms with van der Waals surface area (Å²) in [5.41, 5.74) is 0.914. The molecule has 0 radical (unpaired) electrons.